The quantitative estimate of drug-likeness (QED) is 0.897. The SMILES string of the molecule is Cc1cccc(C)c1-c1nc(C2CCCC2)n(C)c1N. The summed E-state index contributed by atoms with van der Waals surface area (Å²) < 4.78 is 2.09. The molecule has 1 heterocycles. The summed E-state index contributed by atoms with van der Waals surface area (Å²) in [5.41, 5.74) is 11.0. The minimum atomic E-state index is 0.584. The minimum absolute atomic E-state index is 0.584. The van der Waals surface area contributed by atoms with E-state index in [1.165, 1.54) is 42.4 Å². The van der Waals surface area contributed by atoms with Crippen LogP contribution < -0.4 is 5.73 Å². The van der Waals surface area contributed by atoms with Crippen LogP contribution in [0.15, 0.2) is 18.2 Å². The number of aryl methyl sites for hydroxylation is 2. The lowest BCUT2D eigenvalue weighted by Gasteiger charge is -2.08. The molecule has 3 nitrogen and oxygen atoms in total. The van der Waals surface area contributed by atoms with E-state index in [4.69, 9.17) is 10.7 Å². The fourth-order valence-corrected chi connectivity index (χ4v) is 3.45. The zero-order valence-corrected chi connectivity index (χ0v) is 12.6. The highest BCUT2D eigenvalue weighted by atomic mass is 15.1. The molecule has 1 saturated carbocycles. The molecule has 3 rings (SSSR count). The number of anilines is 1. The van der Waals surface area contributed by atoms with Gasteiger partial charge in [0, 0.05) is 18.5 Å². The number of aromatic nitrogens is 2. The Morgan fingerprint density at radius 2 is 1.75 bits per heavy atom. The molecule has 0 unspecified atom stereocenters. The Bertz CT molecular complexity index is 614. The van der Waals surface area contributed by atoms with Gasteiger partial charge in [-0.1, -0.05) is 31.0 Å². The number of hydrogen-bond acceptors (Lipinski definition) is 2. The van der Waals surface area contributed by atoms with E-state index in [0.29, 0.717) is 5.92 Å². The van der Waals surface area contributed by atoms with Gasteiger partial charge in [-0.05, 0) is 37.8 Å². The van der Waals surface area contributed by atoms with E-state index in [1.807, 2.05) is 7.05 Å². The highest BCUT2D eigenvalue weighted by Gasteiger charge is 2.25. The van der Waals surface area contributed by atoms with Crippen LogP contribution in [-0.2, 0) is 7.05 Å². The third-order valence-corrected chi connectivity index (χ3v) is 4.61. The number of hydrogen-bond donors (Lipinski definition) is 1. The molecule has 1 aliphatic rings. The van der Waals surface area contributed by atoms with Gasteiger partial charge in [0.1, 0.15) is 17.3 Å². The molecule has 0 saturated heterocycles. The summed E-state index contributed by atoms with van der Waals surface area (Å²) >= 11 is 0. The summed E-state index contributed by atoms with van der Waals surface area (Å²) in [6.45, 7) is 4.26. The zero-order chi connectivity index (χ0) is 14.3. The van der Waals surface area contributed by atoms with E-state index in [2.05, 4.69) is 36.6 Å². The second-order valence-corrected chi connectivity index (χ2v) is 6.01. The molecule has 2 N–H and O–H groups in total. The van der Waals surface area contributed by atoms with Crippen molar-refractivity contribution in [2.24, 2.45) is 7.05 Å². The molecular formula is C17H23N3. The molecule has 106 valence electrons. The summed E-state index contributed by atoms with van der Waals surface area (Å²) in [7, 11) is 2.05. The Morgan fingerprint density at radius 3 is 2.35 bits per heavy atom. The maximum absolute atomic E-state index is 6.34. The Morgan fingerprint density at radius 1 is 1.15 bits per heavy atom. The summed E-state index contributed by atoms with van der Waals surface area (Å²) in [5, 5.41) is 0. The Hall–Kier alpha value is -1.77. The molecule has 20 heavy (non-hydrogen) atoms. The summed E-state index contributed by atoms with van der Waals surface area (Å²) in [4.78, 5) is 4.92. The molecule has 1 aromatic carbocycles. The zero-order valence-electron chi connectivity index (χ0n) is 12.6. The van der Waals surface area contributed by atoms with Crippen molar-refractivity contribution < 1.29 is 0 Å². The van der Waals surface area contributed by atoms with Crippen LogP contribution >= 0.6 is 0 Å². The van der Waals surface area contributed by atoms with E-state index in [1.54, 1.807) is 0 Å². The average molecular weight is 269 g/mol. The second kappa shape index (κ2) is 4.97. The standard InChI is InChI=1S/C17H23N3/c1-11-7-6-8-12(2)14(11)15-16(18)20(3)17(19-15)13-9-4-5-10-13/h6-8,13H,4-5,9-10,18H2,1-3H3. The number of nitrogens with two attached hydrogens (primary N) is 1. The van der Waals surface area contributed by atoms with Gasteiger partial charge in [-0.15, -0.1) is 0 Å². The normalized spacial score (nSPS) is 15.9. The van der Waals surface area contributed by atoms with Gasteiger partial charge in [0.25, 0.3) is 0 Å². The molecule has 1 aromatic heterocycles. The lowest BCUT2D eigenvalue weighted by Crippen LogP contribution is -2.05. The Balaban J connectivity index is 2.13. The molecule has 1 fully saturated rings. The molecule has 0 radical (unpaired) electrons. The fourth-order valence-electron chi connectivity index (χ4n) is 3.45. The Kier molecular flexibility index (Phi) is 3.28. The van der Waals surface area contributed by atoms with Crippen LogP contribution in [0.4, 0.5) is 5.82 Å². The molecule has 1 aliphatic carbocycles. The van der Waals surface area contributed by atoms with Crippen molar-refractivity contribution in [2.75, 3.05) is 5.73 Å². The molecule has 0 atom stereocenters. The van der Waals surface area contributed by atoms with Crippen LogP contribution in [0.1, 0.15) is 48.6 Å². The largest absolute Gasteiger partial charge is 0.383 e. The monoisotopic (exact) mass is 269 g/mol. The smallest absolute Gasteiger partial charge is 0.131 e. The van der Waals surface area contributed by atoms with Gasteiger partial charge in [-0.25, -0.2) is 4.98 Å². The van der Waals surface area contributed by atoms with E-state index in [-0.39, 0.29) is 0 Å². The Labute approximate surface area is 120 Å². The van der Waals surface area contributed by atoms with Crippen LogP contribution in [0.2, 0.25) is 0 Å². The van der Waals surface area contributed by atoms with E-state index in [0.717, 1.165) is 17.3 Å². The molecule has 0 aliphatic heterocycles. The maximum Gasteiger partial charge on any atom is 0.131 e. The van der Waals surface area contributed by atoms with E-state index < -0.39 is 0 Å². The van der Waals surface area contributed by atoms with Gasteiger partial charge >= 0.3 is 0 Å². The van der Waals surface area contributed by atoms with Crippen molar-refractivity contribution in [3.8, 4) is 11.3 Å². The number of imidazole rings is 1. The van der Waals surface area contributed by atoms with Crippen molar-refractivity contribution in [3.63, 3.8) is 0 Å². The molecule has 3 heteroatoms. The van der Waals surface area contributed by atoms with Gasteiger partial charge in [-0.2, -0.15) is 0 Å². The van der Waals surface area contributed by atoms with Crippen LogP contribution in [0.25, 0.3) is 11.3 Å². The third kappa shape index (κ3) is 2.01. The molecule has 0 spiro atoms. The van der Waals surface area contributed by atoms with Gasteiger partial charge in [0.05, 0.1) is 0 Å². The maximum atomic E-state index is 6.34. The first-order valence-corrected chi connectivity index (χ1v) is 7.48. The predicted octanol–water partition coefficient (Wildman–Crippen LogP) is 3.94. The number of benzene rings is 1. The topological polar surface area (TPSA) is 43.8 Å². The molecule has 0 bridgehead atoms. The van der Waals surface area contributed by atoms with Crippen molar-refractivity contribution in [3.05, 3.63) is 35.2 Å². The molecular weight excluding hydrogens is 246 g/mol. The highest BCUT2D eigenvalue weighted by Crippen LogP contribution is 2.38. The fraction of sp³-hybridized carbons (Fsp3) is 0.471. The van der Waals surface area contributed by atoms with Gasteiger partial charge in [0.2, 0.25) is 0 Å². The third-order valence-electron chi connectivity index (χ3n) is 4.61. The van der Waals surface area contributed by atoms with Crippen LogP contribution in [0, 0.1) is 13.8 Å². The lowest BCUT2D eigenvalue weighted by atomic mass is 10.00. The van der Waals surface area contributed by atoms with Crippen molar-refractivity contribution in [1.82, 2.24) is 9.55 Å². The summed E-state index contributed by atoms with van der Waals surface area (Å²) in [5.74, 6) is 2.54. The predicted molar refractivity (Wildman–Crippen MR) is 83.7 cm³/mol. The van der Waals surface area contributed by atoms with Gasteiger partial charge in [-0.3, -0.25) is 0 Å². The van der Waals surface area contributed by atoms with E-state index >= 15 is 0 Å². The number of nitrogen functional groups attached to an aromatic ring is 1. The van der Waals surface area contributed by atoms with Crippen LogP contribution in [-0.4, -0.2) is 9.55 Å². The summed E-state index contributed by atoms with van der Waals surface area (Å²) in [6.07, 6.45) is 5.12. The van der Waals surface area contributed by atoms with Gasteiger partial charge < -0.3 is 10.3 Å². The lowest BCUT2D eigenvalue weighted by molar-refractivity contribution is 0.635. The average Bonchev–Trinajstić information content (AvgIpc) is 3.02. The number of rotatable bonds is 2. The van der Waals surface area contributed by atoms with Crippen molar-refractivity contribution >= 4 is 5.82 Å². The van der Waals surface area contributed by atoms with Crippen LogP contribution in [0.5, 0.6) is 0 Å². The highest BCUT2D eigenvalue weighted by molar-refractivity contribution is 5.76. The minimum Gasteiger partial charge on any atom is -0.383 e. The number of nitrogens with zero attached hydrogens (tertiary/aromatic N) is 2. The molecule has 0 amide bonds. The summed E-state index contributed by atoms with van der Waals surface area (Å²) in [6, 6.07) is 6.35. The van der Waals surface area contributed by atoms with Crippen molar-refractivity contribution in [1.29, 1.82) is 0 Å². The second-order valence-electron chi connectivity index (χ2n) is 6.01. The van der Waals surface area contributed by atoms with Gasteiger partial charge in [0.15, 0.2) is 0 Å². The first-order valence-electron chi connectivity index (χ1n) is 7.48. The van der Waals surface area contributed by atoms with Crippen LogP contribution in [0.3, 0.4) is 0 Å². The first-order chi connectivity index (χ1) is 9.59. The van der Waals surface area contributed by atoms with E-state index in [9.17, 15) is 0 Å². The van der Waals surface area contributed by atoms with Crippen molar-refractivity contribution in [2.45, 2.75) is 45.4 Å². The first kappa shape index (κ1) is 13.2. The molecule has 2 aromatic rings.